The Kier molecular flexibility index (Phi) is 3.75. The number of amides is 1. The van der Waals surface area contributed by atoms with Gasteiger partial charge in [-0.2, -0.15) is 0 Å². The quantitative estimate of drug-likeness (QED) is 0.787. The van der Waals surface area contributed by atoms with Crippen molar-refractivity contribution >= 4 is 15.9 Å². The van der Waals surface area contributed by atoms with Crippen LogP contribution in [0.5, 0.6) is 0 Å². The molecular weight excluding hydrogens is 320 g/mol. The fraction of sp³-hybridized carbons (Fsp3) is 0.0667. The molecule has 0 unspecified atom stereocenters. The Bertz CT molecular complexity index is 942. The number of nitrogens with one attached hydrogen (secondary N) is 1. The summed E-state index contributed by atoms with van der Waals surface area (Å²) in [5.41, 5.74) is 0.592. The lowest BCUT2D eigenvalue weighted by atomic mass is 10.2. The number of rotatable bonds is 4. The van der Waals surface area contributed by atoms with Crippen molar-refractivity contribution in [1.82, 2.24) is 9.71 Å². The topological polar surface area (TPSA) is 102 Å². The van der Waals surface area contributed by atoms with Crippen LogP contribution in [0.2, 0.25) is 0 Å². The molecule has 0 radical (unpaired) electrons. The summed E-state index contributed by atoms with van der Waals surface area (Å²) in [6.45, 7) is 1.76. The van der Waals surface area contributed by atoms with E-state index < -0.39 is 15.9 Å². The molecule has 0 aliphatic carbocycles. The van der Waals surface area contributed by atoms with E-state index in [4.69, 9.17) is 8.83 Å². The maximum atomic E-state index is 12.3. The molecule has 118 valence electrons. The van der Waals surface area contributed by atoms with Gasteiger partial charge in [-0.15, -0.1) is 0 Å². The summed E-state index contributed by atoms with van der Waals surface area (Å²) >= 11 is 0. The number of aromatic nitrogens is 1. The van der Waals surface area contributed by atoms with Crippen LogP contribution < -0.4 is 4.72 Å². The summed E-state index contributed by atoms with van der Waals surface area (Å²) in [5.74, 6) is -0.556. The molecule has 8 heteroatoms. The van der Waals surface area contributed by atoms with Gasteiger partial charge in [-0.3, -0.25) is 4.79 Å². The van der Waals surface area contributed by atoms with E-state index >= 15 is 0 Å². The molecule has 0 bridgehead atoms. The van der Waals surface area contributed by atoms with Crippen LogP contribution in [0.25, 0.3) is 11.5 Å². The second-order valence-corrected chi connectivity index (χ2v) is 6.44. The van der Waals surface area contributed by atoms with E-state index in [0.29, 0.717) is 0 Å². The summed E-state index contributed by atoms with van der Waals surface area (Å²) < 4.78 is 36.8. The Labute approximate surface area is 132 Å². The van der Waals surface area contributed by atoms with Crippen LogP contribution >= 0.6 is 0 Å². The van der Waals surface area contributed by atoms with Crippen LogP contribution in [0, 0.1) is 6.92 Å². The highest BCUT2D eigenvalue weighted by atomic mass is 32.2. The predicted molar refractivity (Wildman–Crippen MR) is 80.0 cm³/mol. The molecule has 0 spiro atoms. The summed E-state index contributed by atoms with van der Waals surface area (Å²) in [6, 6.07) is 9.41. The molecule has 1 amide bonds. The minimum atomic E-state index is -4.01. The van der Waals surface area contributed by atoms with Crippen molar-refractivity contribution in [3.05, 3.63) is 60.3 Å². The monoisotopic (exact) mass is 332 g/mol. The smallest absolute Gasteiger partial charge is 0.287 e. The molecule has 0 atom stereocenters. The van der Waals surface area contributed by atoms with Crippen molar-refractivity contribution in [2.75, 3.05) is 0 Å². The lowest BCUT2D eigenvalue weighted by Crippen LogP contribution is -2.31. The third-order valence-electron chi connectivity index (χ3n) is 3.05. The van der Waals surface area contributed by atoms with Gasteiger partial charge in [-0.1, -0.05) is 12.1 Å². The first-order valence-corrected chi connectivity index (χ1v) is 8.07. The first-order chi connectivity index (χ1) is 11.0. The number of oxazole rings is 1. The van der Waals surface area contributed by atoms with Crippen molar-refractivity contribution in [1.29, 1.82) is 0 Å². The first kappa shape index (κ1) is 15.0. The standard InChI is InChI=1S/C15H12N2O5S/c1-10-4-2-5-11(8-10)23(19,20)17-15(18)13-14(22-9-16-13)12-6-3-7-21-12/h2-9H,1H3,(H,17,18). The van der Waals surface area contributed by atoms with E-state index in [-0.39, 0.29) is 22.1 Å². The van der Waals surface area contributed by atoms with Gasteiger partial charge in [0.25, 0.3) is 15.9 Å². The Morgan fingerprint density at radius 2 is 2.00 bits per heavy atom. The van der Waals surface area contributed by atoms with E-state index in [1.165, 1.54) is 18.4 Å². The highest BCUT2D eigenvalue weighted by Gasteiger charge is 2.25. The predicted octanol–water partition coefficient (Wildman–Crippen LogP) is 2.36. The zero-order valence-electron chi connectivity index (χ0n) is 12.0. The van der Waals surface area contributed by atoms with Gasteiger partial charge in [0.05, 0.1) is 11.2 Å². The number of nitrogens with zero attached hydrogens (tertiary/aromatic N) is 1. The molecule has 7 nitrogen and oxygen atoms in total. The molecule has 0 aliphatic heterocycles. The Morgan fingerprint density at radius 1 is 1.17 bits per heavy atom. The van der Waals surface area contributed by atoms with E-state index in [2.05, 4.69) is 4.98 Å². The van der Waals surface area contributed by atoms with Gasteiger partial charge in [0, 0.05) is 0 Å². The van der Waals surface area contributed by atoms with Crippen LogP contribution in [0.1, 0.15) is 16.1 Å². The van der Waals surface area contributed by atoms with E-state index in [1.807, 2.05) is 4.72 Å². The van der Waals surface area contributed by atoms with Gasteiger partial charge >= 0.3 is 0 Å². The number of carbonyl (C=O) groups is 1. The van der Waals surface area contributed by atoms with Gasteiger partial charge in [-0.05, 0) is 36.8 Å². The summed E-state index contributed by atoms with van der Waals surface area (Å²) in [5, 5.41) is 0. The Balaban J connectivity index is 1.90. The van der Waals surface area contributed by atoms with E-state index in [1.54, 1.807) is 31.2 Å². The average Bonchev–Trinajstić information content (AvgIpc) is 3.17. The molecule has 0 saturated heterocycles. The largest absolute Gasteiger partial charge is 0.461 e. The van der Waals surface area contributed by atoms with Crippen molar-refractivity contribution in [2.24, 2.45) is 0 Å². The minimum Gasteiger partial charge on any atom is -0.461 e. The van der Waals surface area contributed by atoms with Crippen molar-refractivity contribution in [2.45, 2.75) is 11.8 Å². The first-order valence-electron chi connectivity index (χ1n) is 6.58. The fourth-order valence-corrected chi connectivity index (χ4v) is 3.06. The maximum absolute atomic E-state index is 12.3. The molecule has 3 aromatic rings. The number of hydrogen-bond donors (Lipinski definition) is 1. The summed E-state index contributed by atoms with van der Waals surface area (Å²) in [6.07, 6.45) is 2.45. The Hall–Kier alpha value is -2.87. The molecule has 1 N–H and O–H groups in total. The van der Waals surface area contributed by atoms with Gasteiger partial charge in [0.2, 0.25) is 5.76 Å². The van der Waals surface area contributed by atoms with Gasteiger partial charge in [0.15, 0.2) is 17.8 Å². The highest BCUT2D eigenvalue weighted by molar-refractivity contribution is 7.90. The molecule has 0 saturated carbocycles. The summed E-state index contributed by atoms with van der Waals surface area (Å²) in [7, 11) is -4.01. The highest BCUT2D eigenvalue weighted by Crippen LogP contribution is 2.23. The number of hydrogen-bond acceptors (Lipinski definition) is 6. The molecular formula is C15H12N2O5S. The lowest BCUT2D eigenvalue weighted by molar-refractivity contribution is 0.0977. The minimum absolute atomic E-state index is 0.00565. The molecule has 23 heavy (non-hydrogen) atoms. The number of aryl methyl sites for hydroxylation is 1. The lowest BCUT2D eigenvalue weighted by Gasteiger charge is -2.06. The second kappa shape index (κ2) is 5.73. The molecule has 0 aliphatic rings. The maximum Gasteiger partial charge on any atom is 0.287 e. The third-order valence-corrected chi connectivity index (χ3v) is 4.38. The van der Waals surface area contributed by atoms with Crippen LogP contribution in [0.4, 0.5) is 0 Å². The van der Waals surface area contributed by atoms with Crippen LogP contribution in [-0.4, -0.2) is 19.3 Å². The molecule has 1 aromatic carbocycles. The van der Waals surface area contributed by atoms with Crippen molar-refractivity contribution in [3.63, 3.8) is 0 Å². The number of sulfonamides is 1. The number of furan rings is 1. The number of carbonyl (C=O) groups excluding carboxylic acids is 1. The van der Waals surface area contributed by atoms with Crippen molar-refractivity contribution in [3.8, 4) is 11.5 Å². The van der Waals surface area contributed by atoms with Gasteiger partial charge < -0.3 is 8.83 Å². The van der Waals surface area contributed by atoms with Gasteiger partial charge in [0.1, 0.15) is 0 Å². The second-order valence-electron chi connectivity index (χ2n) is 4.76. The summed E-state index contributed by atoms with van der Waals surface area (Å²) in [4.78, 5) is 16.0. The van der Waals surface area contributed by atoms with Crippen LogP contribution in [-0.2, 0) is 10.0 Å². The third kappa shape index (κ3) is 3.02. The van der Waals surface area contributed by atoms with Crippen molar-refractivity contribution < 1.29 is 22.0 Å². The zero-order valence-corrected chi connectivity index (χ0v) is 12.8. The normalized spacial score (nSPS) is 11.3. The molecule has 2 aromatic heterocycles. The number of benzene rings is 1. The van der Waals surface area contributed by atoms with E-state index in [9.17, 15) is 13.2 Å². The average molecular weight is 332 g/mol. The van der Waals surface area contributed by atoms with E-state index in [0.717, 1.165) is 12.0 Å². The van der Waals surface area contributed by atoms with Crippen LogP contribution in [0.3, 0.4) is 0 Å². The van der Waals surface area contributed by atoms with Crippen LogP contribution in [0.15, 0.2) is 62.8 Å². The fourth-order valence-electron chi connectivity index (χ4n) is 2.00. The molecule has 0 fully saturated rings. The molecule has 3 rings (SSSR count). The zero-order chi connectivity index (χ0) is 16.4. The van der Waals surface area contributed by atoms with Gasteiger partial charge in [-0.25, -0.2) is 18.1 Å². The molecule has 2 heterocycles. The SMILES string of the molecule is Cc1cccc(S(=O)(=O)NC(=O)c2ncoc2-c2ccco2)c1. The Morgan fingerprint density at radius 3 is 2.70 bits per heavy atom.